The van der Waals surface area contributed by atoms with Gasteiger partial charge in [-0.2, -0.15) is 0 Å². The van der Waals surface area contributed by atoms with Crippen LogP contribution >= 0.6 is 0 Å². The molecule has 1 aromatic rings. The van der Waals surface area contributed by atoms with Crippen LogP contribution in [0.1, 0.15) is 38.5 Å². The Balaban J connectivity index is 2.17. The summed E-state index contributed by atoms with van der Waals surface area (Å²) in [6, 6.07) is 4.83. The largest absolute Gasteiger partial charge is 0.376 e. The third kappa shape index (κ3) is 4.95. The maximum atomic E-state index is 12.4. The van der Waals surface area contributed by atoms with Crippen LogP contribution in [0.2, 0.25) is 0 Å². The molecule has 25 heavy (non-hydrogen) atoms. The van der Waals surface area contributed by atoms with Crippen LogP contribution < -0.4 is 10.2 Å². The quantitative estimate of drug-likeness (QED) is 0.804. The second kappa shape index (κ2) is 8.19. The van der Waals surface area contributed by atoms with E-state index in [0.29, 0.717) is 18.0 Å². The van der Waals surface area contributed by atoms with Gasteiger partial charge in [-0.05, 0) is 30.5 Å². The fourth-order valence-electron chi connectivity index (χ4n) is 3.22. The second-order valence-electron chi connectivity index (χ2n) is 7.10. The fraction of sp³-hybridized carbons (Fsp3) is 0.611. The molecule has 0 radical (unpaired) electrons. The van der Waals surface area contributed by atoms with Gasteiger partial charge in [0.25, 0.3) is 0 Å². The molecule has 1 aromatic carbocycles. The molecule has 1 aliphatic rings. The monoisotopic (exact) mass is 367 g/mol. The number of carbonyl (C=O) groups is 1. The molecule has 0 unspecified atom stereocenters. The minimum Gasteiger partial charge on any atom is -0.376 e. The number of hydrogen-bond donors (Lipinski definition) is 1. The summed E-state index contributed by atoms with van der Waals surface area (Å²) in [5.74, 6) is 0.592. The van der Waals surface area contributed by atoms with Crippen molar-refractivity contribution in [1.82, 2.24) is 4.31 Å². The summed E-state index contributed by atoms with van der Waals surface area (Å²) < 4.78 is 25.9. The molecule has 0 bridgehead atoms. The molecule has 7 heteroatoms. The number of rotatable bonds is 7. The van der Waals surface area contributed by atoms with E-state index in [1.165, 1.54) is 50.2 Å². The number of nitrogens with zero attached hydrogens (tertiary/aromatic N) is 2. The molecule has 1 fully saturated rings. The topological polar surface area (TPSA) is 69.7 Å². The number of hydrogen-bond acceptors (Lipinski definition) is 4. The minimum absolute atomic E-state index is 0.0607. The van der Waals surface area contributed by atoms with Crippen LogP contribution in [0.4, 0.5) is 11.4 Å². The Kier molecular flexibility index (Phi) is 6.46. The van der Waals surface area contributed by atoms with Crippen molar-refractivity contribution in [3.05, 3.63) is 18.2 Å². The number of carbonyl (C=O) groups excluding carboxylic acids is 1. The van der Waals surface area contributed by atoms with Gasteiger partial charge in [-0.3, -0.25) is 4.79 Å². The molecular formula is C18H29N3O3S. The van der Waals surface area contributed by atoms with Gasteiger partial charge in [0.2, 0.25) is 15.9 Å². The molecule has 0 spiro atoms. The SMILES string of the molecule is CN(C)c1ccc(S(=O)(=O)N(C)C)cc1NC(=O)CCC1CCCC1. The average Bonchev–Trinajstić information content (AvgIpc) is 3.05. The lowest BCUT2D eigenvalue weighted by molar-refractivity contribution is -0.116. The second-order valence-corrected chi connectivity index (χ2v) is 9.25. The average molecular weight is 368 g/mol. The van der Waals surface area contributed by atoms with E-state index in [-0.39, 0.29) is 10.8 Å². The number of nitrogens with one attached hydrogen (secondary N) is 1. The normalized spacial score (nSPS) is 15.6. The van der Waals surface area contributed by atoms with Crippen molar-refractivity contribution in [3.63, 3.8) is 0 Å². The van der Waals surface area contributed by atoms with Crippen LogP contribution in [0.5, 0.6) is 0 Å². The maximum absolute atomic E-state index is 12.4. The van der Waals surface area contributed by atoms with Gasteiger partial charge < -0.3 is 10.2 Å². The van der Waals surface area contributed by atoms with E-state index >= 15 is 0 Å². The standard InChI is InChI=1S/C18H29N3O3S/c1-20(2)17-11-10-15(25(23,24)21(3)4)13-16(17)19-18(22)12-9-14-7-5-6-8-14/h10-11,13-14H,5-9,12H2,1-4H3,(H,19,22). The van der Waals surface area contributed by atoms with Gasteiger partial charge in [-0.15, -0.1) is 0 Å². The summed E-state index contributed by atoms with van der Waals surface area (Å²) in [6.07, 6.45) is 6.34. The first-order valence-corrected chi connectivity index (χ1v) is 10.2. The predicted octanol–water partition coefficient (Wildman–Crippen LogP) is 2.91. The van der Waals surface area contributed by atoms with Gasteiger partial charge in [0, 0.05) is 34.6 Å². The minimum atomic E-state index is -3.54. The van der Waals surface area contributed by atoms with Crippen molar-refractivity contribution in [3.8, 4) is 0 Å². The summed E-state index contributed by atoms with van der Waals surface area (Å²) >= 11 is 0. The van der Waals surface area contributed by atoms with Crippen molar-refractivity contribution < 1.29 is 13.2 Å². The predicted molar refractivity (Wildman–Crippen MR) is 101 cm³/mol. The van der Waals surface area contributed by atoms with Gasteiger partial charge in [-0.25, -0.2) is 12.7 Å². The first-order valence-electron chi connectivity index (χ1n) is 8.75. The van der Waals surface area contributed by atoms with Gasteiger partial charge in [0.05, 0.1) is 16.3 Å². The molecular weight excluding hydrogens is 338 g/mol. The molecule has 0 aliphatic heterocycles. The Labute approximate surface area is 151 Å². The molecule has 140 valence electrons. The number of benzene rings is 1. The third-order valence-electron chi connectivity index (χ3n) is 4.76. The van der Waals surface area contributed by atoms with Crippen molar-refractivity contribution in [1.29, 1.82) is 0 Å². The Bertz CT molecular complexity index is 708. The molecule has 1 amide bonds. The number of sulfonamides is 1. The third-order valence-corrected chi connectivity index (χ3v) is 6.57. The van der Waals surface area contributed by atoms with E-state index < -0.39 is 10.0 Å². The van der Waals surface area contributed by atoms with Crippen molar-refractivity contribution >= 4 is 27.3 Å². The first-order chi connectivity index (χ1) is 11.7. The van der Waals surface area contributed by atoms with Gasteiger partial charge in [0.15, 0.2) is 0 Å². The molecule has 0 atom stereocenters. The van der Waals surface area contributed by atoms with E-state index in [1.54, 1.807) is 12.1 Å². The van der Waals surface area contributed by atoms with Crippen molar-refractivity contribution in [2.24, 2.45) is 5.92 Å². The van der Waals surface area contributed by atoms with Crippen LogP contribution in [0.15, 0.2) is 23.1 Å². The summed E-state index contributed by atoms with van der Waals surface area (Å²) in [6.45, 7) is 0. The molecule has 1 saturated carbocycles. The highest BCUT2D eigenvalue weighted by atomic mass is 32.2. The fourth-order valence-corrected chi connectivity index (χ4v) is 4.15. The highest BCUT2D eigenvalue weighted by Crippen LogP contribution is 2.30. The molecule has 2 rings (SSSR count). The zero-order valence-corrected chi connectivity index (χ0v) is 16.4. The maximum Gasteiger partial charge on any atom is 0.242 e. The summed E-state index contributed by atoms with van der Waals surface area (Å²) in [4.78, 5) is 14.4. The van der Waals surface area contributed by atoms with E-state index in [0.717, 1.165) is 12.1 Å². The van der Waals surface area contributed by atoms with Gasteiger partial charge in [-0.1, -0.05) is 25.7 Å². The van der Waals surface area contributed by atoms with E-state index in [2.05, 4.69) is 5.32 Å². The van der Waals surface area contributed by atoms with Crippen LogP contribution in [0, 0.1) is 5.92 Å². The van der Waals surface area contributed by atoms with Crippen molar-refractivity contribution in [2.75, 3.05) is 38.4 Å². The van der Waals surface area contributed by atoms with Gasteiger partial charge in [0.1, 0.15) is 0 Å². The zero-order valence-electron chi connectivity index (χ0n) is 15.6. The lowest BCUT2D eigenvalue weighted by atomic mass is 10.0. The first kappa shape index (κ1) is 19.7. The smallest absolute Gasteiger partial charge is 0.242 e. The summed E-state index contributed by atoms with van der Waals surface area (Å²) in [7, 11) is 3.18. The van der Waals surface area contributed by atoms with Crippen LogP contribution in [0.3, 0.4) is 0 Å². The lowest BCUT2D eigenvalue weighted by Gasteiger charge is -2.20. The van der Waals surface area contributed by atoms with E-state index in [1.807, 2.05) is 19.0 Å². The number of amides is 1. The highest BCUT2D eigenvalue weighted by molar-refractivity contribution is 7.89. The molecule has 1 aliphatic carbocycles. The van der Waals surface area contributed by atoms with E-state index in [9.17, 15) is 13.2 Å². The molecule has 6 nitrogen and oxygen atoms in total. The van der Waals surface area contributed by atoms with E-state index in [4.69, 9.17) is 0 Å². The molecule has 0 aromatic heterocycles. The van der Waals surface area contributed by atoms with Crippen LogP contribution in [-0.4, -0.2) is 46.8 Å². The van der Waals surface area contributed by atoms with Crippen LogP contribution in [0.25, 0.3) is 0 Å². The molecule has 1 N–H and O–H groups in total. The Morgan fingerprint density at radius 3 is 2.36 bits per heavy atom. The summed E-state index contributed by atoms with van der Waals surface area (Å²) in [5.41, 5.74) is 1.32. The zero-order chi connectivity index (χ0) is 18.6. The molecule has 0 heterocycles. The Morgan fingerprint density at radius 1 is 1.16 bits per heavy atom. The lowest BCUT2D eigenvalue weighted by Crippen LogP contribution is -2.23. The highest BCUT2D eigenvalue weighted by Gasteiger charge is 2.21. The van der Waals surface area contributed by atoms with Gasteiger partial charge >= 0.3 is 0 Å². The van der Waals surface area contributed by atoms with Crippen molar-refractivity contribution in [2.45, 2.75) is 43.4 Å². The molecule has 0 saturated heterocycles. The Morgan fingerprint density at radius 2 is 1.80 bits per heavy atom. The number of anilines is 2. The van der Waals surface area contributed by atoms with Crippen LogP contribution in [-0.2, 0) is 14.8 Å². The Hall–Kier alpha value is -1.60. The summed E-state index contributed by atoms with van der Waals surface area (Å²) in [5, 5.41) is 2.90.